The predicted octanol–water partition coefficient (Wildman–Crippen LogP) is 3.54. The molecule has 3 rings (SSSR count). The Morgan fingerprint density at radius 1 is 1.19 bits per heavy atom. The minimum atomic E-state index is -2.80. The van der Waals surface area contributed by atoms with Crippen molar-refractivity contribution in [2.24, 2.45) is 0 Å². The van der Waals surface area contributed by atoms with Gasteiger partial charge in [-0.2, -0.15) is 0 Å². The summed E-state index contributed by atoms with van der Waals surface area (Å²) in [6.45, 7) is 0. The lowest BCUT2D eigenvalue weighted by molar-refractivity contribution is -0.106. The van der Waals surface area contributed by atoms with Gasteiger partial charge in [0.05, 0.1) is 11.0 Å². The minimum Gasteiger partial charge on any atom is -0.502 e. The first kappa shape index (κ1) is 18.4. The average molecular weight is 370 g/mol. The molecule has 0 radical (unpaired) electrons. The lowest BCUT2D eigenvalue weighted by Gasteiger charge is -2.35. The highest BCUT2D eigenvalue weighted by Gasteiger charge is 2.42. The zero-order valence-electron chi connectivity index (χ0n) is 13.7. The van der Waals surface area contributed by atoms with Crippen LogP contribution in [0.15, 0.2) is 27.4 Å². The highest BCUT2D eigenvalue weighted by molar-refractivity contribution is 5.95. The van der Waals surface area contributed by atoms with Crippen LogP contribution in [0.4, 0.5) is 13.2 Å². The molecule has 140 valence electrons. The molecule has 0 atom stereocenters. The van der Waals surface area contributed by atoms with Crippen molar-refractivity contribution in [1.29, 1.82) is 0 Å². The van der Waals surface area contributed by atoms with Gasteiger partial charge in [-0.25, -0.2) is 13.2 Å². The van der Waals surface area contributed by atoms with Crippen molar-refractivity contribution in [1.82, 2.24) is 0 Å². The quantitative estimate of drug-likeness (QED) is 0.804. The number of rotatable bonds is 4. The lowest BCUT2D eigenvalue weighted by Crippen LogP contribution is -2.38. The lowest BCUT2D eigenvalue weighted by atomic mass is 9.79. The number of carbonyl (C=O) groups is 1. The molecule has 26 heavy (non-hydrogen) atoms. The fourth-order valence-corrected chi connectivity index (χ4v) is 3.12. The molecule has 1 aromatic heterocycles. The SMILES string of the molecule is O=C(CCC1(O)CCC(F)(F)CC1)c1cc(=O)c2ccc(F)c(O)c2o1. The van der Waals surface area contributed by atoms with Gasteiger partial charge in [-0.15, -0.1) is 0 Å². The summed E-state index contributed by atoms with van der Waals surface area (Å²) in [7, 11) is 0. The van der Waals surface area contributed by atoms with Gasteiger partial charge in [0.15, 0.2) is 34.1 Å². The molecule has 2 aromatic rings. The number of Topliss-reactive ketones (excluding diaryl/α,β-unsaturated/α-hetero) is 1. The topological polar surface area (TPSA) is 87.7 Å². The number of halogens is 3. The Labute approximate surface area is 146 Å². The van der Waals surface area contributed by atoms with Crippen LogP contribution in [0.25, 0.3) is 11.0 Å². The van der Waals surface area contributed by atoms with Crippen molar-refractivity contribution >= 4 is 16.8 Å². The summed E-state index contributed by atoms with van der Waals surface area (Å²) in [6, 6.07) is 2.97. The highest BCUT2D eigenvalue weighted by atomic mass is 19.3. The second-order valence-electron chi connectivity index (χ2n) is 6.75. The molecule has 0 spiro atoms. The molecule has 2 N–H and O–H groups in total. The largest absolute Gasteiger partial charge is 0.502 e. The van der Waals surface area contributed by atoms with E-state index in [9.17, 15) is 33.0 Å². The first-order chi connectivity index (χ1) is 12.1. The molecule has 1 fully saturated rings. The van der Waals surface area contributed by atoms with E-state index in [1.54, 1.807) is 0 Å². The van der Waals surface area contributed by atoms with Crippen LogP contribution < -0.4 is 5.43 Å². The van der Waals surface area contributed by atoms with Gasteiger partial charge < -0.3 is 14.6 Å². The van der Waals surface area contributed by atoms with Crippen molar-refractivity contribution in [3.8, 4) is 5.75 Å². The summed E-state index contributed by atoms with van der Waals surface area (Å²) in [5, 5.41) is 19.9. The third-order valence-corrected chi connectivity index (χ3v) is 4.83. The van der Waals surface area contributed by atoms with Crippen LogP contribution in [-0.4, -0.2) is 27.5 Å². The van der Waals surface area contributed by atoms with Gasteiger partial charge in [0.1, 0.15) is 0 Å². The molecule has 1 aliphatic carbocycles. The number of aliphatic hydroxyl groups is 1. The smallest absolute Gasteiger partial charge is 0.248 e. The molecule has 1 aromatic carbocycles. The van der Waals surface area contributed by atoms with Crippen LogP contribution in [0.1, 0.15) is 49.1 Å². The molecule has 0 unspecified atom stereocenters. The molecule has 1 saturated carbocycles. The van der Waals surface area contributed by atoms with Gasteiger partial charge >= 0.3 is 0 Å². The number of phenolic OH excluding ortho intramolecular Hbond substituents is 1. The Hall–Kier alpha value is -2.35. The van der Waals surface area contributed by atoms with Crippen LogP contribution >= 0.6 is 0 Å². The molecule has 0 aliphatic heterocycles. The summed E-state index contributed by atoms with van der Waals surface area (Å²) in [4.78, 5) is 24.3. The molecular weight excluding hydrogens is 353 g/mol. The van der Waals surface area contributed by atoms with E-state index < -0.39 is 52.7 Å². The average Bonchev–Trinajstić information content (AvgIpc) is 2.59. The minimum absolute atomic E-state index is 0.0568. The molecule has 1 heterocycles. The summed E-state index contributed by atoms with van der Waals surface area (Å²) in [6.07, 6.45) is -1.43. The number of fused-ring (bicyclic) bond motifs is 1. The Bertz CT molecular complexity index is 909. The fraction of sp³-hybridized carbons (Fsp3) is 0.444. The van der Waals surface area contributed by atoms with Gasteiger partial charge in [0.2, 0.25) is 5.92 Å². The molecule has 8 heteroatoms. The molecule has 5 nitrogen and oxygen atoms in total. The zero-order chi connectivity index (χ0) is 19.1. The van der Waals surface area contributed by atoms with Gasteiger partial charge in [-0.05, 0) is 31.4 Å². The zero-order valence-corrected chi connectivity index (χ0v) is 13.7. The second kappa shape index (κ2) is 6.42. The monoisotopic (exact) mass is 370 g/mol. The van der Waals surface area contributed by atoms with Crippen LogP contribution in [-0.2, 0) is 0 Å². The first-order valence-electron chi connectivity index (χ1n) is 8.19. The van der Waals surface area contributed by atoms with Crippen molar-refractivity contribution in [2.75, 3.05) is 0 Å². The van der Waals surface area contributed by atoms with Crippen LogP contribution in [0.5, 0.6) is 5.75 Å². The number of ketones is 1. The number of phenols is 1. The standard InChI is InChI=1S/C18H17F3O5/c19-11-2-1-10-13(23)9-14(26-16(10)15(11)24)12(22)3-4-17(25)5-7-18(20,21)8-6-17/h1-2,9,24-25H,3-8H2. The van der Waals surface area contributed by atoms with Crippen LogP contribution in [0.3, 0.4) is 0 Å². The molecule has 0 bridgehead atoms. The van der Waals surface area contributed by atoms with Gasteiger partial charge in [0, 0.05) is 25.3 Å². The number of benzene rings is 1. The number of hydrogen-bond donors (Lipinski definition) is 2. The van der Waals surface area contributed by atoms with E-state index >= 15 is 0 Å². The normalized spacial score (nSPS) is 18.8. The number of carbonyl (C=O) groups excluding carboxylic acids is 1. The van der Waals surface area contributed by atoms with E-state index in [2.05, 4.69) is 0 Å². The first-order valence-corrected chi connectivity index (χ1v) is 8.19. The fourth-order valence-electron chi connectivity index (χ4n) is 3.12. The van der Waals surface area contributed by atoms with Gasteiger partial charge in [-0.1, -0.05) is 0 Å². The van der Waals surface area contributed by atoms with E-state index in [1.165, 1.54) is 0 Å². The van der Waals surface area contributed by atoms with Crippen molar-refractivity contribution in [3.63, 3.8) is 0 Å². The number of aromatic hydroxyl groups is 1. The van der Waals surface area contributed by atoms with Gasteiger partial charge in [-0.3, -0.25) is 9.59 Å². The van der Waals surface area contributed by atoms with E-state index in [-0.39, 0.29) is 36.8 Å². The maximum Gasteiger partial charge on any atom is 0.248 e. The highest BCUT2D eigenvalue weighted by Crippen LogP contribution is 2.40. The third-order valence-electron chi connectivity index (χ3n) is 4.83. The van der Waals surface area contributed by atoms with Gasteiger partial charge in [0.25, 0.3) is 0 Å². The van der Waals surface area contributed by atoms with E-state index in [4.69, 9.17) is 4.42 Å². The van der Waals surface area contributed by atoms with E-state index in [0.29, 0.717) is 0 Å². The maximum absolute atomic E-state index is 13.4. The summed E-state index contributed by atoms with van der Waals surface area (Å²) >= 11 is 0. The van der Waals surface area contributed by atoms with Crippen molar-refractivity contribution < 1.29 is 32.6 Å². The summed E-state index contributed by atoms with van der Waals surface area (Å²) in [5.74, 6) is -5.69. The predicted molar refractivity (Wildman–Crippen MR) is 86.0 cm³/mol. The van der Waals surface area contributed by atoms with Crippen LogP contribution in [0.2, 0.25) is 0 Å². The van der Waals surface area contributed by atoms with Crippen molar-refractivity contribution in [2.45, 2.75) is 50.0 Å². The Morgan fingerprint density at radius 2 is 1.85 bits per heavy atom. The molecule has 1 aliphatic rings. The summed E-state index contributed by atoms with van der Waals surface area (Å²) < 4.78 is 45.0. The van der Waals surface area contributed by atoms with Crippen molar-refractivity contribution in [3.05, 3.63) is 40.0 Å². The summed E-state index contributed by atoms with van der Waals surface area (Å²) in [5.41, 5.74) is -2.43. The maximum atomic E-state index is 13.4. The molecular formula is C18H17F3O5. The van der Waals surface area contributed by atoms with E-state index in [1.807, 2.05) is 0 Å². The Balaban J connectivity index is 1.78. The molecule has 0 saturated heterocycles. The number of alkyl halides is 2. The Kier molecular flexibility index (Phi) is 4.56. The van der Waals surface area contributed by atoms with Crippen LogP contribution in [0, 0.1) is 5.82 Å². The Morgan fingerprint density at radius 3 is 2.50 bits per heavy atom. The third kappa shape index (κ3) is 3.60. The van der Waals surface area contributed by atoms with E-state index in [0.717, 1.165) is 18.2 Å². The second-order valence-corrected chi connectivity index (χ2v) is 6.75. The molecule has 0 amide bonds. The number of hydrogen-bond acceptors (Lipinski definition) is 5.